The molecule has 2 aromatic rings. The topological polar surface area (TPSA) is 72.6 Å². The van der Waals surface area contributed by atoms with Gasteiger partial charge in [-0.25, -0.2) is 4.79 Å². The molecule has 2 aromatic carbocycles. The molecule has 4 rings (SSSR count). The molecule has 32 heavy (non-hydrogen) atoms. The number of thioether (sulfide) groups is 1. The van der Waals surface area contributed by atoms with Crippen LogP contribution in [-0.2, 0) is 14.3 Å². The first-order valence-electron chi connectivity index (χ1n) is 9.73. The van der Waals surface area contributed by atoms with Crippen molar-refractivity contribution in [2.75, 3.05) is 5.75 Å². The third-order valence-electron chi connectivity index (χ3n) is 5.21. The summed E-state index contributed by atoms with van der Waals surface area (Å²) in [5, 5.41) is -0.826. The zero-order valence-electron chi connectivity index (χ0n) is 16.7. The molecule has 2 aliphatic heterocycles. The number of amides is 1. The molecule has 1 unspecified atom stereocenters. The average molecular weight is 460 g/mol. The SMILES string of the molecule is NC1(C=CC(F)(F)F)C(=O)N2C(C(=O)OC(c3ccccc3)c3ccccc3)=CCS[C@H]21. The van der Waals surface area contributed by atoms with Gasteiger partial charge in [-0.05, 0) is 23.3 Å². The normalized spacial score (nSPS) is 23.0. The van der Waals surface area contributed by atoms with Gasteiger partial charge in [0.2, 0.25) is 0 Å². The Morgan fingerprint density at radius 2 is 1.69 bits per heavy atom. The number of allylic oxidation sites excluding steroid dienone is 1. The molecular weight excluding hydrogens is 441 g/mol. The molecule has 2 aliphatic rings. The first-order valence-corrected chi connectivity index (χ1v) is 10.8. The Kier molecular flexibility index (Phi) is 5.87. The van der Waals surface area contributed by atoms with Crippen LogP contribution in [0.5, 0.6) is 0 Å². The van der Waals surface area contributed by atoms with Crippen molar-refractivity contribution < 1.29 is 27.5 Å². The summed E-state index contributed by atoms with van der Waals surface area (Å²) in [7, 11) is 0. The maximum Gasteiger partial charge on any atom is 0.409 e. The Morgan fingerprint density at radius 3 is 2.22 bits per heavy atom. The summed E-state index contributed by atoms with van der Waals surface area (Å²) >= 11 is 1.18. The van der Waals surface area contributed by atoms with E-state index in [-0.39, 0.29) is 11.8 Å². The van der Waals surface area contributed by atoms with Crippen molar-refractivity contribution in [2.24, 2.45) is 5.73 Å². The number of fused-ring (bicyclic) bond motifs is 1. The second kappa shape index (κ2) is 8.48. The third kappa shape index (κ3) is 4.18. The number of esters is 1. The number of hydrogen-bond acceptors (Lipinski definition) is 5. The van der Waals surface area contributed by atoms with E-state index in [1.54, 1.807) is 0 Å². The number of carbonyl (C=O) groups is 2. The van der Waals surface area contributed by atoms with Gasteiger partial charge in [-0.15, -0.1) is 11.8 Å². The van der Waals surface area contributed by atoms with E-state index in [4.69, 9.17) is 10.5 Å². The fraction of sp³-hybridized carbons (Fsp3) is 0.217. The van der Waals surface area contributed by atoms with E-state index in [1.165, 1.54) is 17.8 Å². The van der Waals surface area contributed by atoms with Gasteiger partial charge in [0.05, 0.1) is 0 Å². The lowest BCUT2D eigenvalue weighted by Gasteiger charge is -2.53. The number of alkyl halides is 3. The first-order chi connectivity index (χ1) is 15.2. The third-order valence-corrected chi connectivity index (χ3v) is 6.49. The number of nitrogens with zero attached hydrogens (tertiary/aromatic N) is 1. The van der Waals surface area contributed by atoms with Crippen LogP contribution in [0, 0.1) is 0 Å². The van der Waals surface area contributed by atoms with Crippen molar-refractivity contribution >= 4 is 23.6 Å². The molecule has 2 N–H and O–H groups in total. The lowest BCUT2D eigenvalue weighted by molar-refractivity contribution is -0.155. The molecule has 0 spiro atoms. The number of rotatable bonds is 5. The molecule has 0 aromatic heterocycles. The van der Waals surface area contributed by atoms with Crippen LogP contribution in [0.2, 0.25) is 0 Å². The maximum absolute atomic E-state index is 13.1. The van der Waals surface area contributed by atoms with Crippen LogP contribution in [0.15, 0.2) is 84.6 Å². The Hall–Kier alpha value is -3.04. The lowest BCUT2D eigenvalue weighted by Crippen LogP contribution is -2.76. The van der Waals surface area contributed by atoms with Crippen molar-refractivity contribution in [3.05, 3.63) is 95.7 Å². The van der Waals surface area contributed by atoms with Crippen LogP contribution in [0.1, 0.15) is 17.2 Å². The van der Waals surface area contributed by atoms with Gasteiger partial charge in [-0.2, -0.15) is 13.2 Å². The highest BCUT2D eigenvalue weighted by atomic mass is 32.2. The Labute approximate surface area is 186 Å². The van der Waals surface area contributed by atoms with Gasteiger partial charge < -0.3 is 10.5 Å². The Morgan fingerprint density at radius 1 is 1.12 bits per heavy atom. The molecule has 0 bridgehead atoms. The van der Waals surface area contributed by atoms with E-state index in [0.717, 1.165) is 16.0 Å². The molecule has 5 nitrogen and oxygen atoms in total. The zero-order valence-corrected chi connectivity index (χ0v) is 17.5. The first kappa shape index (κ1) is 22.2. The minimum Gasteiger partial charge on any atom is -0.448 e. The van der Waals surface area contributed by atoms with Crippen molar-refractivity contribution in [2.45, 2.75) is 23.2 Å². The van der Waals surface area contributed by atoms with Crippen molar-refractivity contribution in [1.82, 2.24) is 4.90 Å². The maximum atomic E-state index is 13.1. The molecule has 1 amide bonds. The molecule has 2 heterocycles. The van der Waals surface area contributed by atoms with Crippen molar-refractivity contribution in [3.63, 3.8) is 0 Å². The number of ether oxygens (including phenoxy) is 1. The largest absolute Gasteiger partial charge is 0.448 e. The lowest BCUT2D eigenvalue weighted by atomic mass is 9.87. The molecule has 0 saturated carbocycles. The fourth-order valence-corrected chi connectivity index (χ4v) is 4.90. The van der Waals surface area contributed by atoms with E-state index >= 15 is 0 Å². The smallest absolute Gasteiger partial charge is 0.409 e. The van der Waals surface area contributed by atoms with Crippen LogP contribution in [0.3, 0.4) is 0 Å². The molecule has 166 valence electrons. The van der Waals surface area contributed by atoms with Crippen LogP contribution in [0.25, 0.3) is 0 Å². The van der Waals surface area contributed by atoms with E-state index in [9.17, 15) is 22.8 Å². The van der Waals surface area contributed by atoms with Gasteiger partial charge in [-0.3, -0.25) is 9.69 Å². The summed E-state index contributed by atoms with van der Waals surface area (Å²) in [6.07, 6.45) is -3.17. The number of benzene rings is 2. The van der Waals surface area contributed by atoms with E-state index in [2.05, 4.69) is 0 Å². The molecule has 9 heteroatoms. The zero-order chi connectivity index (χ0) is 22.9. The average Bonchev–Trinajstić information content (AvgIpc) is 2.80. The van der Waals surface area contributed by atoms with Crippen LogP contribution in [0.4, 0.5) is 13.2 Å². The monoisotopic (exact) mass is 460 g/mol. The van der Waals surface area contributed by atoms with Crippen LogP contribution in [-0.4, -0.2) is 39.6 Å². The summed E-state index contributed by atoms with van der Waals surface area (Å²) in [6.45, 7) is 0. The number of hydrogen-bond donors (Lipinski definition) is 1. The highest BCUT2D eigenvalue weighted by Crippen LogP contribution is 2.44. The highest BCUT2D eigenvalue weighted by molar-refractivity contribution is 8.00. The van der Waals surface area contributed by atoms with E-state index in [0.29, 0.717) is 11.8 Å². The number of halogens is 3. The summed E-state index contributed by atoms with van der Waals surface area (Å²) in [5.74, 6) is -1.23. The summed E-state index contributed by atoms with van der Waals surface area (Å²) < 4.78 is 43.6. The number of β-lactam (4-membered cyclic amide) rings is 1. The number of carbonyl (C=O) groups excluding carboxylic acids is 2. The summed E-state index contributed by atoms with van der Waals surface area (Å²) in [4.78, 5) is 26.9. The Balaban J connectivity index is 1.58. The van der Waals surface area contributed by atoms with Gasteiger partial charge in [0.25, 0.3) is 5.91 Å². The fourth-order valence-electron chi connectivity index (χ4n) is 3.65. The van der Waals surface area contributed by atoms with Crippen LogP contribution < -0.4 is 5.73 Å². The van der Waals surface area contributed by atoms with Gasteiger partial charge in [-0.1, -0.05) is 60.7 Å². The van der Waals surface area contributed by atoms with Crippen molar-refractivity contribution in [3.8, 4) is 0 Å². The standard InChI is InChI=1S/C23H19F3N2O3S/c24-23(25,26)13-12-22(27)20(30)28-17(11-14-32-21(22)28)19(29)31-18(15-7-3-1-4-8-15)16-9-5-2-6-10-16/h1-13,18,21H,14,27H2/t21-,22?/m0/s1. The molecular formula is C23H19F3N2O3S. The second-order valence-electron chi connectivity index (χ2n) is 7.36. The summed E-state index contributed by atoms with van der Waals surface area (Å²) in [5.41, 5.74) is 5.61. The second-order valence-corrected chi connectivity index (χ2v) is 8.48. The highest BCUT2D eigenvalue weighted by Gasteiger charge is 2.61. The molecule has 2 atom stereocenters. The quantitative estimate of drug-likeness (QED) is 0.416. The van der Waals surface area contributed by atoms with Crippen molar-refractivity contribution in [1.29, 1.82) is 0 Å². The van der Waals surface area contributed by atoms with Gasteiger partial charge in [0.15, 0.2) is 6.10 Å². The molecule has 0 aliphatic carbocycles. The molecule has 1 fully saturated rings. The van der Waals surface area contributed by atoms with Gasteiger partial charge in [0, 0.05) is 11.8 Å². The molecule has 0 radical (unpaired) electrons. The predicted octanol–water partition coefficient (Wildman–Crippen LogP) is 3.93. The van der Waals surface area contributed by atoms with E-state index in [1.807, 2.05) is 60.7 Å². The number of nitrogens with two attached hydrogens (primary N) is 1. The summed E-state index contributed by atoms with van der Waals surface area (Å²) in [6, 6.07) is 18.2. The molecule has 1 saturated heterocycles. The van der Waals surface area contributed by atoms with E-state index < -0.39 is 35.1 Å². The minimum atomic E-state index is -4.59. The predicted molar refractivity (Wildman–Crippen MR) is 114 cm³/mol. The van der Waals surface area contributed by atoms with Crippen LogP contribution >= 0.6 is 11.8 Å². The Bertz CT molecular complexity index is 1030. The van der Waals surface area contributed by atoms with Gasteiger partial charge in [0.1, 0.15) is 16.6 Å². The van der Waals surface area contributed by atoms with Gasteiger partial charge >= 0.3 is 12.1 Å². The minimum absolute atomic E-state index is 0.0166.